The van der Waals surface area contributed by atoms with Gasteiger partial charge in [-0.25, -0.2) is 14.2 Å². The van der Waals surface area contributed by atoms with E-state index in [0.29, 0.717) is 16.7 Å². The molecular weight excluding hydrogens is 418 g/mol. The number of hydrogen-bond donors (Lipinski definition) is 1. The van der Waals surface area contributed by atoms with Crippen LogP contribution in [0, 0.1) is 5.82 Å². The van der Waals surface area contributed by atoms with Gasteiger partial charge in [0, 0.05) is 11.1 Å². The number of imidazole rings is 1. The van der Waals surface area contributed by atoms with Gasteiger partial charge in [0.1, 0.15) is 24.2 Å². The van der Waals surface area contributed by atoms with E-state index in [1.807, 2.05) is 0 Å². The van der Waals surface area contributed by atoms with Crippen LogP contribution in [-0.4, -0.2) is 22.7 Å². The van der Waals surface area contributed by atoms with E-state index in [2.05, 4.69) is 9.97 Å². The highest BCUT2D eigenvalue weighted by Crippen LogP contribution is 2.38. The van der Waals surface area contributed by atoms with Crippen LogP contribution in [0.25, 0.3) is 22.4 Å². The van der Waals surface area contributed by atoms with Gasteiger partial charge in [-0.05, 0) is 36.4 Å². The van der Waals surface area contributed by atoms with Crippen LogP contribution >= 0.6 is 0 Å². The first-order chi connectivity index (χ1) is 14.8. The molecule has 6 nitrogen and oxygen atoms in total. The number of nitrogens with zero attached hydrogens (tertiary/aromatic N) is 2. The zero-order chi connectivity index (χ0) is 21.8. The van der Waals surface area contributed by atoms with Crippen molar-refractivity contribution >= 4 is 22.8 Å². The van der Waals surface area contributed by atoms with Crippen molar-refractivity contribution in [3.05, 3.63) is 72.0 Å². The van der Waals surface area contributed by atoms with Crippen molar-refractivity contribution in [2.45, 2.75) is 12.2 Å². The van der Waals surface area contributed by atoms with Crippen LogP contribution in [0.3, 0.4) is 0 Å². The minimum absolute atomic E-state index is 0.0743. The second-order valence-electron chi connectivity index (χ2n) is 6.96. The lowest BCUT2D eigenvalue weighted by atomic mass is 10.0. The summed E-state index contributed by atoms with van der Waals surface area (Å²) in [6.07, 6.45) is -3.74. The highest BCUT2D eigenvalue weighted by atomic mass is 19.4. The predicted molar refractivity (Wildman–Crippen MR) is 102 cm³/mol. The molecule has 0 radical (unpaired) electrons. The molecule has 0 saturated carbocycles. The number of aromatic nitrogens is 2. The Morgan fingerprint density at radius 2 is 1.94 bits per heavy atom. The molecule has 158 valence electrons. The first-order valence-corrected chi connectivity index (χ1v) is 9.17. The van der Waals surface area contributed by atoms with Crippen molar-refractivity contribution in [2.24, 2.45) is 0 Å². The summed E-state index contributed by atoms with van der Waals surface area (Å²) in [7, 11) is 0. The number of halogens is 4. The van der Waals surface area contributed by atoms with Crippen molar-refractivity contribution in [1.82, 2.24) is 9.97 Å². The van der Waals surface area contributed by atoms with Crippen LogP contribution in [0.15, 0.2) is 59.3 Å². The molecule has 3 heterocycles. The third-order valence-corrected chi connectivity index (χ3v) is 5.08. The number of aromatic amines is 1. The normalized spacial score (nSPS) is 16.8. The van der Waals surface area contributed by atoms with E-state index in [1.54, 1.807) is 18.2 Å². The Balaban J connectivity index is 1.48. The zero-order valence-corrected chi connectivity index (χ0v) is 15.6. The molecule has 1 aliphatic rings. The number of carbonyl (C=O) groups excluding carboxylic acids is 1. The van der Waals surface area contributed by atoms with Crippen molar-refractivity contribution in [3.63, 3.8) is 0 Å². The van der Waals surface area contributed by atoms with Gasteiger partial charge in [-0.1, -0.05) is 12.1 Å². The van der Waals surface area contributed by atoms with Crippen LogP contribution < -0.4 is 4.90 Å². The lowest BCUT2D eigenvalue weighted by Crippen LogP contribution is -2.27. The second-order valence-corrected chi connectivity index (χ2v) is 6.96. The van der Waals surface area contributed by atoms with Gasteiger partial charge in [0.25, 0.3) is 0 Å². The molecule has 31 heavy (non-hydrogen) atoms. The van der Waals surface area contributed by atoms with Crippen LogP contribution in [0.5, 0.6) is 0 Å². The number of cyclic esters (lactones) is 1. The molecule has 1 saturated heterocycles. The molecule has 5 rings (SSSR count). The Kier molecular flexibility index (Phi) is 4.24. The molecule has 1 aliphatic heterocycles. The second kappa shape index (κ2) is 6.86. The summed E-state index contributed by atoms with van der Waals surface area (Å²) in [4.78, 5) is 20.8. The van der Waals surface area contributed by atoms with Crippen LogP contribution in [0.4, 0.5) is 28.0 Å². The maximum Gasteiger partial charge on any atom is 0.449 e. The molecule has 2 aromatic heterocycles. The Labute approximate surface area is 172 Å². The van der Waals surface area contributed by atoms with Gasteiger partial charge in [-0.3, -0.25) is 4.90 Å². The van der Waals surface area contributed by atoms with Gasteiger partial charge in [0.05, 0.1) is 23.0 Å². The Morgan fingerprint density at radius 1 is 1.10 bits per heavy atom. The topological polar surface area (TPSA) is 71.4 Å². The number of alkyl halides is 3. The van der Waals surface area contributed by atoms with Crippen LogP contribution in [-0.2, 0) is 10.9 Å². The van der Waals surface area contributed by atoms with E-state index in [4.69, 9.17) is 9.15 Å². The number of carbonyl (C=O) groups is 1. The minimum Gasteiger partial charge on any atom is -0.452 e. The molecule has 1 unspecified atom stereocenters. The highest BCUT2D eigenvalue weighted by molar-refractivity contribution is 5.93. The number of amides is 1. The molecule has 0 bridgehead atoms. The fraction of sp³-hybridized carbons (Fsp3) is 0.143. The number of nitrogens with one attached hydrogen (secondary N) is 1. The maximum absolute atomic E-state index is 15.0. The minimum atomic E-state index is -4.63. The van der Waals surface area contributed by atoms with E-state index < -0.39 is 29.9 Å². The van der Waals surface area contributed by atoms with Crippen molar-refractivity contribution < 1.29 is 31.5 Å². The Hall–Kier alpha value is -3.82. The van der Waals surface area contributed by atoms with Gasteiger partial charge in [-0.2, -0.15) is 13.2 Å². The zero-order valence-electron chi connectivity index (χ0n) is 15.6. The number of H-pyrrole nitrogens is 1. The fourth-order valence-electron chi connectivity index (χ4n) is 3.61. The maximum atomic E-state index is 15.0. The van der Waals surface area contributed by atoms with E-state index in [0.717, 1.165) is 18.2 Å². The summed E-state index contributed by atoms with van der Waals surface area (Å²) < 4.78 is 63.2. The van der Waals surface area contributed by atoms with Crippen molar-refractivity contribution in [2.75, 3.05) is 11.5 Å². The van der Waals surface area contributed by atoms with Crippen molar-refractivity contribution in [1.29, 1.82) is 0 Å². The largest absolute Gasteiger partial charge is 0.452 e. The number of fused-ring (bicyclic) bond motifs is 1. The molecule has 1 N–H and O–H groups in total. The monoisotopic (exact) mass is 431 g/mol. The average molecular weight is 431 g/mol. The van der Waals surface area contributed by atoms with E-state index >= 15 is 0 Å². The van der Waals surface area contributed by atoms with E-state index in [-0.39, 0.29) is 23.5 Å². The lowest BCUT2D eigenvalue weighted by Gasteiger charge is -2.22. The molecular formula is C21H13F4N3O3. The molecule has 1 atom stereocenters. The first kappa shape index (κ1) is 19.2. The first-order valence-electron chi connectivity index (χ1n) is 9.17. The molecule has 1 amide bonds. The summed E-state index contributed by atoms with van der Waals surface area (Å²) in [6, 6.07) is 10.2. The molecule has 0 aliphatic carbocycles. The standard InChI is InChI=1S/C21H13F4N3O3/c22-14-7-11(18-5-6-19(31-18)21(23,24)25)1-3-13(14)17-9-30-20(29)28(17)12-2-4-15-16(8-12)27-10-26-15/h1-8,10,17H,9H2,(H,26,27). The van der Waals surface area contributed by atoms with Gasteiger partial charge in [0.15, 0.2) is 0 Å². The van der Waals surface area contributed by atoms with Gasteiger partial charge < -0.3 is 14.1 Å². The quantitative estimate of drug-likeness (QED) is 0.424. The van der Waals surface area contributed by atoms with Crippen LogP contribution in [0.2, 0.25) is 0 Å². The number of benzene rings is 2. The van der Waals surface area contributed by atoms with Crippen molar-refractivity contribution in [3.8, 4) is 11.3 Å². The SMILES string of the molecule is O=C1OCC(c2ccc(-c3ccc(C(F)(F)F)o3)cc2F)N1c1ccc2nc[nH]c2c1. The summed E-state index contributed by atoms with van der Waals surface area (Å²) in [5.41, 5.74) is 2.22. The molecule has 0 spiro atoms. The summed E-state index contributed by atoms with van der Waals surface area (Å²) in [5.74, 6) is -1.97. The molecule has 10 heteroatoms. The average Bonchev–Trinajstić information content (AvgIpc) is 3.46. The highest BCUT2D eigenvalue weighted by Gasteiger charge is 2.38. The predicted octanol–water partition coefficient (Wildman–Crippen LogP) is 5.68. The number of rotatable bonds is 3. The van der Waals surface area contributed by atoms with E-state index in [1.165, 1.54) is 23.4 Å². The number of anilines is 1. The van der Waals surface area contributed by atoms with Gasteiger partial charge >= 0.3 is 12.3 Å². The van der Waals surface area contributed by atoms with Gasteiger partial charge in [-0.15, -0.1) is 0 Å². The number of hydrogen-bond acceptors (Lipinski definition) is 4. The molecule has 1 fully saturated rings. The summed E-state index contributed by atoms with van der Waals surface area (Å²) in [6.45, 7) is -0.0743. The number of furan rings is 1. The van der Waals surface area contributed by atoms with Crippen LogP contribution in [0.1, 0.15) is 17.4 Å². The third-order valence-electron chi connectivity index (χ3n) is 5.08. The van der Waals surface area contributed by atoms with E-state index in [9.17, 15) is 22.4 Å². The van der Waals surface area contributed by atoms with Gasteiger partial charge in [0.2, 0.25) is 5.76 Å². The number of ether oxygens (including phenoxy) is 1. The third kappa shape index (κ3) is 3.29. The smallest absolute Gasteiger partial charge is 0.449 e. The lowest BCUT2D eigenvalue weighted by molar-refractivity contribution is -0.152. The molecule has 4 aromatic rings. The summed E-state index contributed by atoms with van der Waals surface area (Å²) >= 11 is 0. The molecule has 2 aromatic carbocycles. The summed E-state index contributed by atoms with van der Waals surface area (Å²) in [5, 5.41) is 0. The Morgan fingerprint density at radius 3 is 2.68 bits per heavy atom. The fourth-order valence-corrected chi connectivity index (χ4v) is 3.61. The Bertz CT molecular complexity index is 1290.